The van der Waals surface area contributed by atoms with Crippen LogP contribution in [-0.4, -0.2) is 51.1 Å². The number of allylic oxidation sites excluding steroid dienone is 3. The van der Waals surface area contributed by atoms with E-state index in [1.165, 1.54) is 0 Å². The third kappa shape index (κ3) is 10.2. The summed E-state index contributed by atoms with van der Waals surface area (Å²) in [6, 6.07) is 7.76. The van der Waals surface area contributed by atoms with Gasteiger partial charge in [0.25, 0.3) is 0 Å². The maximum atomic E-state index is 11.3. The molecule has 1 rings (SSSR count). The molecule has 0 aliphatic carbocycles. The van der Waals surface area contributed by atoms with Gasteiger partial charge in [0, 0.05) is 18.4 Å². The molecule has 5 nitrogen and oxygen atoms in total. The number of benzene rings is 1. The fourth-order valence-corrected chi connectivity index (χ4v) is 4.75. The quantitative estimate of drug-likeness (QED) is 0.227. The Morgan fingerprint density at radius 2 is 1.66 bits per heavy atom. The highest BCUT2D eigenvalue weighted by Crippen LogP contribution is 2.37. The van der Waals surface area contributed by atoms with Gasteiger partial charge in [0.1, 0.15) is 5.75 Å². The predicted octanol–water partition coefficient (Wildman–Crippen LogP) is 6.37. The van der Waals surface area contributed by atoms with Gasteiger partial charge in [0.05, 0.1) is 32.5 Å². The molecule has 0 amide bonds. The molecule has 0 spiro atoms. The van der Waals surface area contributed by atoms with Crippen LogP contribution in [0.3, 0.4) is 0 Å². The second kappa shape index (κ2) is 14.3. The number of methoxy groups -OCH3 is 1. The van der Waals surface area contributed by atoms with E-state index >= 15 is 0 Å². The van der Waals surface area contributed by atoms with Crippen LogP contribution in [0.15, 0.2) is 48.1 Å². The first-order valence-electron chi connectivity index (χ1n) is 12.7. The maximum Gasteiger partial charge on any atom is 0.191 e. The molecule has 1 aromatic carbocycles. The Bertz CT molecular complexity index is 794. The van der Waals surface area contributed by atoms with E-state index in [0.717, 1.165) is 16.9 Å². The predicted molar refractivity (Wildman–Crippen MR) is 148 cm³/mol. The number of rotatable bonds is 14. The van der Waals surface area contributed by atoms with Gasteiger partial charge in [-0.15, -0.1) is 0 Å². The van der Waals surface area contributed by atoms with E-state index in [4.69, 9.17) is 13.9 Å². The maximum absolute atomic E-state index is 11.3. The normalized spacial score (nSPS) is 17.8. The van der Waals surface area contributed by atoms with Crippen LogP contribution in [0.5, 0.6) is 5.75 Å². The van der Waals surface area contributed by atoms with Crippen molar-refractivity contribution in [3.05, 3.63) is 53.6 Å². The van der Waals surface area contributed by atoms with E-state index < -0.39 is 26.4 Å². The molecule has 0 aliphatic heterocycles. The third-order valence-corrected chi connectivity index (χ3v) is 11.7. The topological polar surface area (TPSA) is 68.2 Å². The first-order valence-corrected chi connectivity index (χ1v) is 15.7. The lowest BCUT2D eigenvalue weighted by Crippen LogP contribution is -2.47. The molecule has 5 atom stereocenters. The van der Waals surface area contributed by atoms with E-state index in [-0.39, 0.29) is 16.9 Å². The van der Waals surface area contributed by atoms with E-state index in [1.807, 2.05) is 51.1 Å². The van der Waals surface area contributed by atoms with Crippen molar-refractivity contribution in [2.75, 3.05) is 20.3 Å². The largest absolute Gasteiger partial charge is 0.497 e. The van der Waals surface area contributed by atoms with Crippen molar-refractivity contribution < 1.29 is 24.1 Å². The van der Waals surface area contributed by atoms with Crippen molar-refractivity contribution in [2.24, 2.45) is 17.8 Å². The summed E-state index contributed by atoms with van der Waals surface area (Å²) in [4.78, 5) is 0. The molecule has 0 fully saturated rings. The number of hydrogen-bond acceptors (Lipinski definition) is 5. The van der Waals surface area contributed by atoms with Gasteiger partial charge >= 0.3 is 0 Å². The molecule has 2 N–H and O–H groups in total. The molecule has 0 radical (unpaired) electrons. The zero-order valence-electron chi connectivity index (χ0n) is 23.7. The van der Waals surface area contributed by atoms with Gasteiger partial charge in [-0.3, -0.25) is 0 Å². The van der Waals surface area contributed by atoms with Crippen LogP contribution in [0.2, 0.25) is 18.1 Å². The summed E-state index contributed by atoms with van der Waals surface area (Å²) < 4.78 is 17.6. The highest BCUT2D eigenvalue weighted by molar-refractivity contribution is 6.74. The standard InChI is InChI=1S/C29H50O5Si/c1-11-12-21(2)17-22(3)27(30)26(20-34-35(9,10)29(5,6)7)28(31)23(4)18-33-19-24-13-15-25(32-8)16-14-24/h11-17,21,23,26-28,30-31H,18-20H2,1-10H3/b12-11-,22-17+/t21-,23+,26+,27+,28-/m0/s1. The van der Waals surface area contributed by atoms with Crippen LogP contribution in [0, 0.1) is 17.8 Å². The number of aliphatic hydroxyl groups is 2. The average Bonchev–Trinajstić information content (AvgIpc) is 2.78. The second-order valence-corrected chi connectivity index (χ2v) is 16.1. The van der Waals surface area contributed by atoms with Crippen LogP contribution >= 0.6 is 0 Å². The van der Waals surface area contributed by atoms with Gasteiger partial charge in [-0.05, 0) is 61.2 Å². The molecule has 200 valence electrons. The van der Waals surface area contributed by atoms with Gasteiger partial charge in [0.2, 0.25) is 0 Å². The van der Waals surface area contributed by atoms with E-state index in [1.54, 1.807) is 7.11 Å². The van der Waals surface area contributed by atoms with E-state index in [0.29, 0.717) is 19.8 Å². The highest BCUT2D eigenvalue weighted by atomic mass is 28.4. The lowest BCUT2D eigenvalue weighted by atomic mass is 9.85. The molecular formula is C29H50O5Si. The van der Waals surface area contributed by atoms with Crippen LogP contribution in [0.1, 0.15) is 54.0 Å². The lowest BCUT2D eigenvalue weighted by Gasteiger charge is -2.39. The summed E-state index contributed by atoms with van der Waals surface area (Å²) in [6.07, 6.45) is 4.58. The van der Waals surface area contributed by atoms with Crippen molar-refractivity contribution >= 4 is 8.32 Å². The SMILES string of the molecule is C/C=C\[C@H](C)/C=C(\C)[C@@H](O)[C@@H](CO[Si](C)(C)C(C)(C)C)[C@@H](O)[C@H](C)COCc1ccc(OC)cc1. The molecule has 35 heavy (non-hydrogen) atoms. The summed E-state index contributed by atoms with van der Waals surface area (Å²) in [6.45, 7) is 20.1. The average molecular weight is 507 g/mol. The first-order chi connectivity index (χ1) is 16.2. The van der Waals surface area contributed by atoms with Gasteiger partial charge < -0.3 is 24.1 Å². The zero-order valence-corrected chi connectivity index (χ0v) is 24.7. The monoisotopic (exact) mass is 506 g/mol. The number of hydrogen-bond donors (Lipinski definition) is 2. The van der Waals surface area contributed by atoms with Crippen LogP contribution in [-0.2, 0) is 15.8 Å². The Morgan fingerprint density at radius 1 is 1.06 bits per heavy atom. The van der Waals surface area contributed by atoms with Crippen molar-refractivity contribution in [3.63, 3.8) is 0 Å². The molecular weight excluding hydrogens is 456 g/mol. The van der Waals surface area contributed by atoms with Crippen molar-refractivity contribution in [3.8, 4) is 5.75 Å². The summed E-state index contributed by atoms with van der Waals surface area (Å²) in [7, 11) is -0.400. The number of aliphatic hydroxyl groups excluding tert-OH is 2. The Balaban J connectivity index is 2.95. The molecule has 6 heteroatoms. The molecule has 0 bridgehead atoms. The smallest absolute Gasteiger partial charge is 0.191 e. The van der Waals surface area contributed by atoms with Crippen LogP contribution in [0.25, 0.3) is 0 Å². The molecule has 0 heterocycles. The fourth-order valence-electron chi connectivity index (χ4n) is 3.71. The highest BCUT2D eigenvalue weighted by Gasteiger charge is 2.40. The minimum Gasteiger partial charge on any atom is -0.497 e. The molecule has 0 unspecified atom stereocenters. The van der Waals surface area contributed by atoms with Gasteiger partial charge in [0.15, 0.2) is 8.32 Å². The summed E-state index contributed by atoms with van der Waals surface area (Å²) in [5.41, 5.74) is 1.90. The second-order valence-electron chi connectivity index (χ2n) is 11.3. The minimum atomic E-state index is -2.05. The lowest BCUT2D eigenvalue weighted by molar-refractivity contribution is -0.0475. The third-order valence-electron chi connectivity index (χ3n) is 7.17. The summed E-state index contributed by atoms with van der Waals surface area (Å²) >= 11 is 0. The molecule has 0 aliphatic rings. The van der Waals surface area contributed by atoms with Gasteiger partial charge in [-0.2, -0.15) is 0 Å². The Hall–Kier alpha value is -1.44. The summed E-state index contributed by atoms with van der Waals surface area (Å²) in [5.74, 6) is 0.400. The first kappa shape index (κ1) is 31.6. The Labute approximate surface area is 215 Å². The van der Waals surface area contributed by atoms with E-state index in [9.17, 15) is 10.2 Å². The zero-order chi connectivity index (χ0) is 26.8. The van der Waals surface area contributed by atoms with Gasteiger partial charge in [-0.25, -0.2) is 0 Å². The molecule has 0 saturated heterocycles. The minimum absolute atomic E-state index is 0.0475. The summed E-state index contributed by atoms with van der Waals surface area (Å²) in [5, 5.41) is 22.7. The molecule has 1 aromatic rings. The number of ether oxygens (including phenoxy) is 2. The van der Waals surface area contributed by atoms with Crippen LogP contribution < -0.4 is 4.74 Å². The van der Waals surface area contributed by atoms with Crippen molar-refractivity contribution in [1.29, 1.82) is 0 Å². The molecule has 0 saturated carbocycles. The van der Waals surface area contributed by atoms with Crippen molar-refractivity contribution in [1.82, 2.24) is 0 Å². The Morgan fingerprint density at radius 3 is 2.17 bits per heavy atom. The van der Waals surface area contributed by atoms with Crippen LogP contribution in [0.4, 0.5) is 0 Å². The van der Waals surface area contributed by atoms with Crippen molar-refractivity contribution in [2.45, 2.75) is 85.4 Å². The van der Waals surface area contributed by atoms with E-state index in [2.05, 4.69) is 52.9 Å². The Kier molecular flexibility index (Phi) is 12.9. The fraction of sp³-hybridized carbons (Fsp3) is 0.655. The van der Waals surface area contributed by atoms with Gasteiger partial charge in [-0.1, -0.05) is 65.0 Å². The molecule has 0 aromatic heterocycles.